The SMILES string of the molecule is COc1cc2c(cc1OC)C(=O)[C@@H](c1cc(OC)c(OC)cc1OC)CO2. The Morgan fingerprint density at radius 2 is 1.26 bits per heavy atom. The lowest BCUT2D eigenvalue weighted by molar-refractivity contribution is 0.0893. The Balaban J connectivity index is 2.07. The average Bonchev–Trinajstić information content (AvgIpc) is 2.72. The number of Topliss-reactive ketones (excluding diaryl/α,β-unsaturated/α-hetero) is 1. The zero-order valence-corrected chi connectivity index (χ0v) is 16.0. The van der Waals surface area contributed by atoms with E-state index in [0.717, 1.165) is 0 Å². The number of benzene rings is 2. The predicted molar refractivity (Wildman–Crippen MR) is 98.2 cm³/mol. The van der Waals surface area contributed by atoms with Gasteiger partial charge in [0.25, 0.3) is 0 Å². The first kappa shape index (κ1) is 18.7. The van der Waals surface area contributed by atoms with Crippen LogP contribution in [0, 0.1) is 0 Å². The first-order chi connectivity index (χ1) is 13.1. The number of ether oxygens (including phenoxy) is 6. The molecule has 144 valence electrons. The molecule has 1 aliphatic heterocycles. The van der Waals surface area contributed by atoms with Crippen molar-refractivity contribution in [3.05, 3.63) is 35.4 Å². The fourth-order valence-corrected chi connectivity index (χ4v) is 3.16. The minimum atomic E-state index is -0.551. The Morgan fingerprint density at radius 1 is 0.741 bits per heavy atom. The maximum absolute atomic E-state index is 13.2. The van der Waals surface area contributed by atoms with Crippen LogP contribution in [-0.4, -0.2) is 47.9 Å². The molecule has 0 radical (unpaired) electrons. The molecule has 0 aliphatic carbocycles. The summed E-state index contributed by atoms with van der Waals surface area (Å²) in [4.78, 5) is 13.2. The third kappa shape index (κ3) is 3.20. The fourth-order valence-electron chi connectivity index (χ4n) is 3.16. The highest BCUT2D eigenvalue weighted by molar-refractivity contribution is 6.05. The molecular formula is C20H22O7. The zero-order chi connectivity index (χ0) is 19.6. The smallest absolute Gasteiger partial charge is 0.177 e. The highest BCUT2D eigenvalue weighted by atomic mass is 16.5. The molecule has 0 fully saturated rings. The molecule has 1 heterocycles. The Morgan fingerprint density at radius 3 is 1.85 bits per heavy atom. The van der Waals surface area contributed by atoms with E-state index in [2.05, 4.69) is 0 Å². The van der Waals surface area contributed by atoms with Gasteiger partial charge in [0.15, 0.2) is 28.8 Å². The van der Waals surface area contributed by atoms with Gasteiger partial charge in [0.2, 0.25) is 0 Å². The third-order valence-electron chi connectivity index (χ3n) is 4.58. The summed E-state index contributed by atoms with van der Waals surface area (Å²) in [6, 6.07) is 6.74. The number of carbonyl (C=O) groups is 1. The fraction of sp³-hybridized carbons (Fsp3) is 0.350. The largest absolute Gasteiger partial charge is 0.496 e. The molecule has 0 amide bonds. The van der Waals surface area contributed by atoms with Crippen LogP contribution >= 0.6 is 0 Å². The maximum Gasteiger partial charge on any atom is 0.177 e. The number of fused-ring (bicyclic) bond motifs is 1. The quantitative estimate of drug-likeness (QED) is 0.769. The highest BCUT2D eigenvalue weighted by Crippen LogP contribution is 2.44. The van der Waals surface area contributed by atoms with E-state index in [1.54, 1.807) is 45.6 Å². The predicted octanol–water partition coefficient (Wildman–Crippen LogP) is 3.09. The van der Waals surface area contributed by atoms with Crippen molar-refractivity contribution in [2.75, 3.05) is 42.2 Å². The van der Waals surface area contributed by atoms with Gasteiger partial charge in [0, 0.05) is 17.7 Å². The van der Waals surface area contributed by atoms with Gasteiger partial charge in [0.1, 0.15) is 18.1 Å². The summed E-state index contributed by atoms with van der Waals surface area (Å²) in [6.45, 7) is 0.174. The minimum absolute atomic E-state index is 0.0947. The molecule has 7 heteroatoms. The van der Waals surface area contributed by atoms with Gasteiger partial charge in [-0.05, 0) is 12.1 Å². The molecule has 0 N–H and O–H groups in total. The molecular weight excluding hydrogens is 352 g/mol. The van der Waals surface area contributed by atoms with Gasteiger partial charge in [0.05, 0.1) is 47.0 Å². The van der Waals surface area contributed by atoms with E-state index in [4.69, 9.17) is 28.4 Å². The van der Waals surface area contributed by atoms with Gasteiger partial charge in [-0.1, -0.05) is 0 Å². The van der Waals surface area contributed by atoms with E-state index >= 15 is 0 Å². The van der Waals surface area contributed by atoms with Crippen molar-refractivity contribution >= 4 is 5.78 Å². The Kier molecular flexibility index (Phi) is 5.30. The molecule has 3 rings (SSSR count). The Hall–Kier alpha value is -3.09. The molecule has 27 heavy (non-hydrogen) atoms. The number of rotatable bonds is 6. The monoisotopic (exact) mass is 374 g/mol. The zero-order valence-electron chi connectivity index (χ0n) is 16.0. The Labute approximate surface area is 157 Å². The Bertz CT molecular complexity index is 860. The van der Waals surface area contributed by atoms with Crippen molar-refractivity contribution in [3.8, 4) is 34.5 Å². The van der Waals surface area contributed by atoms with Crippen LogP contribution < -0.4 is 28.4 Å². The number of hydrogen-bond acceptors (Lipinski definition) is 7. The summed E-state index contributed by atoms with van der Waals surface area (Å²) in [5, 5.41) is 0. The van der Waals surface area contributed by atoms with Crippen LogP contribution in [-0.2, 0) is 0 Å². The molecule has 2 aromatic rings. The van der Waals surface area contributed by atoms with Gasteiger partial charge in [-0.15, -0.1) is 0 Å². The van der Waals surface area contributed by atoms with Gasteiger partial charge in [-0.25, -0.2) is 0 Å². The summed E-state index contributed by atoms with van der Waals surface area (Å²) in [5.74, 6) is 2.35. The van der Waals surface area contributed by atoms with Crippen LogP contribution in [0.3, 0.4) is 0 Å². The molecule has 1 atom stereocenters. The summed E-state index contributed by atoms with van der Waals surface area (Å²) < 4.78 is 32.6. The van der Waals surface area contributed by atoms with Crippen LogP contribution in [0.15, 0.2) is 24.3 Å². The molecule has 2 aromatic carbocycles. The molecule has 7 nitrogen and oxygen atoms in total. The van der Waals surface area contributed by atoms with Crippen LogP contribution in [0.5, 0.6) is 34.5 Å². The lowest BCUT2D eigenvalue weighted by Crippen LogP contribution is -2.26. The molecule has 1 aliphatic rings. The minimum Gasteiger partial charge on any atom is -0.496 e. The maximum atomic E-state index is 13.2. The first-order valence-electron chi connectivity index (χ1n) is 8.30. The van der Waals surface area contributed by atoms with Gasteiger partial charge < -0.3 is 28.4 Å². The van der Waals surface area contributed by atoms with Crippen LogP contribution in [0.1, 0.15) is 21.8 Å². The second-order valence-corrected chi connectivity index (χ2v) is 5.88. The van der Waals surface area contributed by atoms with Crippen LogP contribution in [0.2, 0.25) is 0 Å². The number of carbonyl (C=O) groups excluding carboxylic acids is 1. The lowest BCUT2D eigenvalue weighted by Gasteiger charge is -2.27. The lowest BCUT2D eigenvalue weighted by atomic mass is 9.88. The number of ketones is 1. The summed E-state index contributed by atoms with van der Waals surface area (Å²) >= 11 is 0. The molecule has 0 saturated heterocycles. The second kappa shape index (κ2) is 7.65. The van der Waals surface area contributed by atoms with E-state index in [9.17, 15) is 4.79 Å². The standard InChI is InChI=1S/C20H22O7/c1-22-14-8-18(25-4)16(23-2)6-11(14)13-10-27-15-9-19(26-5)17(24-3)7-12(15)20(13)21/h6-9,13H,10H2,1-5H3/t13-/m1/s1. The molecule has 0 saturated carbocycles. The van der Waals surface area contributed by atoms with Gasteiger partial charge >= 0.3 is 0 Å². The van der Waals surface area contributed by atoms with Crippen molar-refractivity contribution in [1.29, 1.82) is 0 Å². The van der Waals surface area contributed by atoms with E-state index in [0.29, 0.717) is 45.6 Å². The van der Waals surface area contributed by atoms with E-state index < -0.39 is 5.92 Å². The molecule has 0 aromatic heterocycles. The van der Waals surface area contributed by atoms with E-state index in [-0.39, 0.29) is 12.4 Å². The molecule has 0 unspecified atom stereocenters. The average molecular weight is 374 g/mol. The topological polar surface area (TPSA) is 72.5 Å². The van der Waals surface area contributed by atoms with Crippen molar-refractivity contribution < 1.29 is 33.2 Å². The molecule has 0 spiro atoms. The summed E-state index contributed by atoms with van der Waals surface area (Å²) in [7, 11) is 7.68. The van der Waals surface area contributed by atoms with Crippen LogP contribution in [0.25, 0.3) is 0 Å². The highest BCUT2D eigenvalue weighted by Gasteiger charge is 2.34. The van der Waals surface area contributed by atoms with Crippen molar-refractivity contribution in [2.45, 2.75) is 5.92 Å². The number of hydrogen-bond donors (Lipinski definition) is 0. The number of methoxy groups -OCH3 is 5. The van der Waals surface area contributed by atoms with Crippen molar-refractivity contribution in [2.24, 2.45) is 0 Å². The van der Waals surface area contributed by atoms with E-state index in [1.807, 2.05) is 0 Å². The third-order valence-corrected chi connectivity index (χ3v) is 4.58. The summed E-state index contributed by atoms with van der Waals surface area (Å²) in [6.07, 6.45) is 0. The summed E-state index contributed by atoms with van der Waals surface area (Å²) in [5.41, 5.74) is 1.10. The van der Waals surface area contributed by atoms with Crippen LogP contribution in [0.4, 0.5) is 0 Å². The van der Waals surface area contributed by atoms with E-state index in [1.165, 1.54) is 14.2 Å². The van der Waals surface area contributed by atoms with Gasteiger partial charge in [-0.3, -0.25) is 4.79 Å². The van der Waals surface area contributed by atoms with Crippen molar-refractivity contribution in [1.82, 2.24) is 0 Å². The molecule has 0 bridgehead atoms. The second-order valence-electron chi connectivity index (χ2n) is 5.88. The van der Waals surface area contributed by atoms with Crippen molar-refractivity contribution in [3.63, 3.8) is 0 Å². The first-order valence-corrected chi connectivity index (χ1v) is 8.30. The van der Waals surface area contributed by atoms with Gasteiger partial charge in [-0.2, -0.15) is 0 Å². The normalized spacial score (nSPS) is 15.4.